The number of ketones is 1. The van der Waals surface area contributed by atoms with Gasteiger partial charge in [0, 0.05) is 16.5 Å². The predicted molar refractivity (Wildman–Crippen MR) is 139 cm³/mol. The normalized spacial score (nSPS) is 20.7. The Morgan fingerprint density at radius 2 is 2.00 bits per heavy atom. The molecule has 6 nitrogen and oxygen atoms in total. The fourth-order valence-electron chi connectivity index (χ4n) is 4.74. The molecule has 0 saturated carbocycles. The molecule has 2 atom stereocenters. The zero-order valence-electron chi connectivity index (χ0n) is 18.9. The molecule has 0 spiro atoms. The maximum absolute atomic E-state index is 13.8. The number of hydrogen-bond donors (Lipinski definition) is 1. The van der Waals surface area contributed by atoms with E-state index in [1.807, 2.05) is 13.0 Å². The zero-order chi connectivity index (χ0) is 25.1. The monoisotopic (exact) mass is 564 g/mol. The number of aromatic nitrogens is 1. The molecule has 0 radical (unpaired) electrons. The van der Waals surface area contributed by atoms with Gasteiger partial charge in [0.05, 0.1) is 21.8 Å². The van der Waals surface area contributed by atoms with Gasteiger partial charge in [0.1, 0.15) is 23.4 Å². The number of carbonyl (C=O) groups is 2. The highest BCUT2D eigenvalue weighted by Gasteiger charge is 2.48. The van der Waals surface area contributed by atoms with Gasteiger partial charge in [-0.1, -0.05) is 39.4 Å². The van der Waals surface area contributed by atoms with E-state index in [0.717, 1.165) is 27.1 Å². The van der Waals surface area contributed by atoms with E-state index < -0.39 is 23.5 Å². The summed E-state index contributed by atoms with van der Waals surface area (Å²) >= 11 is 4.57. The van der Waals surface area contributed by atoms with Crippen LogP contribution in [-0.2, 0) is 16.0 Å². The lowest BCUT2D eigenvalue weighted by molar-refractivity contribution is -0.132. The van der Waals surface area contributed by atoms with Crippen LogP contribution in [0, 0.1) is 5.82 Å². The molecule has 2 aliphatic heterocycles. The summed E-state index contributed by atoms with van der Waals surface area (Å²) in [7, 11) is 0. The highest BCUT2D eigenvalue weighted by atomic mass is 79.9. The van der Waals surface area contributed by atoms with E-state index in [0.29, 0.717) is 27.8 Å². The first-order chi connectivity index (χ1) is 17.3. The average molecular weight is 565 g/mol. The lowest BCUT2D eigenvalue weighted by Gasteiger charge is -2.23. The number of Topliss-reactive ketones (excluding diaryl/α,β-unsaturated/α-hetero) is 1. The SMILES string of the molecule is C[C@H]1Cc2cc(/C(O)=C3\C(=O)C(=O)N(c4nc5ccc(F)cc5s4)[C@H]3c3cccc(Br)c3)ccc2O1. The van der Waals surface area contributed by atoms with E-state index in [2.05, 4.69) is 20.9 Å². The van der Waals surface area contributed by atoms with Gasteiger partial charge in [-0.15, -0.1) is 0 Å². The second kappa shape index (κ2) is 8.53. The second-order valence-electron chi connectivity index (χ2n) is 8.79. The van der Waals surface area contributed by atoms with Gasteiger partial charge in [0.15, 0.2) is 5.13 Å². The summed E-state index contributed by atoms with van der Waals surface area (Å²) in [5, 5.41) is 11.7. The molecule has 1 amide bonds. The molecular formula is C27H18BrFN2O4S. The number of ether oxygens (including phenoxy) is 1. The Hall–Kier alpha value is -3.56. The Morgan fingerprint density at radius 3 is 2.81 bits per heavy atom. The van der Waals surface area contributed by atoms with E-state index in [-0.39, 0.29) is 22.6 Å². The molecule has 9 heteroatoms. The van der Waals surface area contributed by atoms with Crippen LogP contribution in [0.3, 0.4) is 0 Å². The first kappa shape index (κ1) is 22.9. The van der Waals surface area contributed by atoms with E-state index in [1.54, 1.807) is 36.4 Å². The fraction of sp³-hybridized carbons (Fsp3) is 0.148. The van der Waals surface area contributed by atoms with Crippen LogP contribution in [0.4, 0.5) is 9.52 Å². The molecule has 3 aromatic carbocycles. The third kappa shape index (κ3) is 3.70. The maximum Gasteiger partial charge on any atom is 0.301 e. The van der Waals surface area contributed by atoms with Gasteiger partial charge < -0.3 is 9.84 Å². The topological polar surface area (TPSA) is 79.7 Å². The lowest BCUT2D eigenvalue weighted by atomic mass is 9.94. The largest absolute Gasteiger partial charge is 0.507 e. The number of amides is 1. The Labute approximate surface area is 217 Å². The van der Waals surface area contributed by atoms with Gasteiger partial charge in [-0.25, -0.2) is 9.37 Å². The number of hydrogen-bond acceptors (Lipinski definition) is 6. The third-order valence-corrected chi connectivity index (χ3v) is 7.83. The van der Waals surface area contributed by atoms with Crippen molar-refractivity contribution in [3.8, 4) is 5.75 Å². The Morgan fingerprint density at radius 1 is 1.17 bits per heavy atom. The number of rotatable bonds is 3. The van der Waals surface area contributed by atoms with Crippen LogP contribution >= 0.6 is 27.3 Å². The van der Waals surface area contributed by atoms with Gasteiger partial charge in [0.2, 0.25) is 0 Å². The Kier molecular flexibility index (Phi) is 5.42. The van der Waals surface area contributed by atoms with Gasteiger partial charge in [-0.3, -0.25) is 14.5 Å². The molecule has 36 heavy (non-hydrogen) atoms. The Bertz CT molecular complexity index is 1610. The summed E-state index contributed by atoms with van der Waals surface area (Å²) in [5.41, 5.74) is 2.45. The summed E-state index contributed by atoms with van der Waals surface area (Å²) in [4.78, 5) is 32.6. The standard InChI is InChI=1S/C27H18BrFN2O4S/c1-13-9-16-10-15(5-8-20(16)35-13)24(32)22-23(14-3-2-4-17(28)11-14)31(26(34)25(22)33)27-30-19-7-6-18(29)12-21(19)36-27/h2-8,10-13,23,32H,9H2,1H3/b24-22+/t13-,23-/m0/s1. The minimum Gasteiger partial charge on any atom is -0.507 e. The number of aliphatic hydroxyl groups excluding tert-OH is 1. The molecule has 2 aliphatic rings. The average Bonchev–Trinajstić information content (AvgIpc) is 3.50. The van der Waals surface area contributed by atoms with Crippen molar-refractivity contribution in [2.24, 2.45) is 0 Å². The number of nitrogens with zero attached hydrogens (tertiary/aromatic N) is 2. The maximum atomic E-state index is 13.8. The molecule has 0 bridgehead atoms. The van der Waals surface area contributed by atoms with Gasteiger partial charge in [-0.05, 0) is 66.6 Å². The molecule has 0 aliphatic carbocycles. The number of carbonyl (C=O) groups excluding carboxylic acids is 2. The smallest absolute Gasteiger partial charge is 0.301 e. The first-order valence-electron chi connectivity index (χ1n) is 11.2. The zero-order valence-corrected chi connectivity index (χ0v) is 21.3. The van der Waals surface area contributed by atoms with Crippen LogP contribution in [0.25, 0.3) is 16.0 Å². The molecular weight excluding hydrogens is 547 g/mol. The number of anilines is 1. The van der Waals surface area contributed by atoms with Crippen molar-refractivity contribution in [1.29, 1.82) is 0 Å². The van der Waals surface area contributed by atoms with Crippen molar-refractivity contribution in [2.45, 2.75) is 25.5 Å². The molecule has 0 unspecified atom stereocenters. The van der Waals surface area contributed by atoms with E-state index >= 15 is 0 Å². The minimum absolute atomic E-state index is 0.0218. The van der Waals surface area contributed by atoms with Gasteiger partial charge >= 0.3 is 5.91 Å². The highest BCUT2D eigenvalue weighted by molar-refractivity contribution is 9.10. The molecule has 4 aromatic rings. The number of fused-ring (bicyclic) bond motifs is 2. The molecule has 180 valence electrons. The van der Waals surface area contributed by atoms with Crippen LogP contribution in [0.1, 0.15) is 29.7 Å². The molecule has 1 saturated heterocycles. The summed E-state index contributed by atoms with van der Waals surface area (Å²) in [5.74, 6) is -1.56. The minimum atomic E-state index is -0.920. The van der Waals surface area contributed by atoms with Gasteiger partial charge in [-0.2, -0.15) is 0 Å². The van der Waals surface area contributed by atoms with E-state index in [1.165, 1.54) is 23.1 Å². The predicted octanol–water partition coefficient (Wildman–Crippen LogP) is 6.15. The molecule has 6 rings (SSSR count). The van der Waals surface area contributed by atoms with Gasteiger partial charge in [0.25, 0.3) is 5.78 Å². The quantitative estimate of drug-likeness (QED) is 0.183. The number of aliphatic hydroxyl groups is 1. The van der Waals surface area contributed by atoms with Crippen molar-refractivity contribution in [3.63, 3.8) is 0 Å². The van der Waals surface area contributed by atoms with Crippen molar-refractivity contribution in [3.05, 3.63) is 93.2 Å². The van der Waals surface area contributed by atoms with Crippen molar-refractivity contribution < 1.29 is 23.8 Å². The van der Waals surface area contributed by atoms with Crippen molar-refractivity contribution in [2.75, 3.05) is 4.90 Å². The van der Waals surface area contributed by atoms with Crippen molar-refractivity contribution in [1.82, 2.24) is 4.98 Å². The van der Waals surface area contributed by atoms with Crippen LogP contribution in [0.2, 0.25) is 0 Å². The highest BCUT2D eigenvalue weighted by Crippen LogP contribution is 2.45. The third-order valence-electron chi connectivity index (χ3n) is 6.32. The summed E-state index contributed by atoms with van der Waals surface area (Å²) in [6, 6.07) is 15.7. The summed E-state index contributed by atoms with van der Waals surface area (Å²) < 4.78 is 20.9. The number of benzene rings is 3. The molecule has 3 heterocycles. The molecule has 1 aromatic heterocycles. The first-order valence-corrected chi connectivity index (χ1v) is 12.8. The van der Waals surface area contributed by atoms with Crippen LogP contribution in [0.15, 0.2) is 70.7 Å². The van der Waals surface area contributed by atoms with E-state index in [4.69, 9.17) is 4.74 Å². The molecule has 1 fully saturated rings. The molecule has 1 N–H and O–H groups in total. The summed E-state index contributed by atoms with van der Waals surface area (Å²) in [6.07, 6.45) is 0.704. The number of thiazole rings is 1. The van der Waals surface area contributed by atoms with E-state index in [9.17, 15) is 19.1 Å². The summed E-state index contributed by atoms with van der Waals surface area (Å²) in [6.45, 7) is 1.96. The fourth-order valence-corrected chi connectivity index (χ4v) is 6.17. The number of halogens is 2. The lowest BCUT2D eigenvalue weighted by Crippen LogP contribution is -2.29. The van der Waals surface area contributed by atoms with Crippen LogP contribution in [0.5, 0.6) is 5.75 Å². The van der Waals surface area contributed by atoms with Crippen molar-refractivity contribution >= 4 is 60.1 Å². The van der Waals surface area contributed by atoms with Crippen LogP contribution < -0.4 is 9.64 Å². The Balaban J connectivity index is 1.54. The van der Waals surface area contributed by atoms with Crippen LogP contribution in [-0.4, -0.2) is 27.9 Å². The second-order valence-corrected chi connectivity index (χ2v) is 10.7.